The Morgan fingerprint density at radius 1 is 1.31 bits per heavy atom. The van der Waals surface area contributed by atoms with Crippen LogP contribution in [0, 0.1) is 6.92 Å². The van der Waals surface area contributed by atoms with E-state index in [4.69, 9.17) is 16.0 Å². The lowest BCUT2D eigenvalue weighted by atomic mass is 9.85. The summed E-state index contributed by atoms with van der Waals surface area (Å²) in [5.41, 5.74) is 2.26. The fraction of sp³-hybridized carbons (Fsp3) is 0.400. The van der Waals surface area contributed by atoms with Crippen molar-refractivity contribution in [3.63, 3.8) is 0 Å². The quantitative estimate of drug-likeness (QED) is 0.659. The fourth-order valence-corrected chi connectivity index (χ4v) is 3.98. The lowest BCUT2D eigenvalue weighted by Crippen LogP contribution is -2.38. The minimum absolute atomic E-state index is 0. The van der Waals surface area contributed by atoms with E-state index in [-0.39, 0.29) is 30.3 Å². The monoisotopic (exact) mass is 435 g/mol. The molecule has 1 aromatic carbocycles. The number of aryl methyl sites for hydroxylation is 2. The van der Waals surface area contributed by atoms with Crippen molar-refractivity contribution in [3.8, 4) is 11.6 Å². The molecule has 0 aliphatic heterocycles. The van der Waals surface area contributed by atoms with Gasteiger partial charge in [-0.15, -0.1) is 22.6 Å². The lowest BCUT2D eigenvalue weighted by Gasteiger charge is -2.27. The maximum atomic E-state index is 12.5. The number of amides is 1. The number of carbonyl (C=O) groups is 1. The first-order chi connectivity index (χ1) is 13.5. The summed E-state index contributed by atoms with van der Waals surface area (Å²) in [6.07, 6.45) is 5.41. The summed E-state index contributed by atoms with van der Waals surface area (Å²) in [4.78, 5) is 16.8. The Morgan fingerprint density at radius 2 is 2.14 bits per heavy atom. The number of halogens is 2. The zero-order chi connectivity index (χ0) is 19.7. The van der Waals surface area contributed by atoms with Crippen LogP contribution in [0.5, 0.6) is 0 Å². The Balaban J connectivity index is 0.00000240. The number of nitrogens with zero attached hydrogens (tertiary/aromatic N) is 4. The second kappa shape index (κ2) is 8.97. The van der Waals surface area contributed by atoms with Gasteiger partial charge in [0.1, 0.15) is 5.69 Å². The van der Waals surface area contributed by atoms with Gasteiger partial charge < -0.3 is 14.3 Å². The van der Waals surface area contributed by atoms with Crippen molar-refractivity contribution < 1.29 is 9.21 Å². The van der Waals surface area contributed by atoms with Gasteiger partial charge in [-0.25, -0.2) is 4.98 Å². The Kier molecular flexibility index (Phi) is 6.59. The number of hydrogen-bond acceptors (Lipinski definition) is 5. The molecule has 1 fully saturated rings. The molecule has 1 aliphatic rings. The van der Waals surface area contributed by atoms with Gasteiger partial charge >= 0.3 is 0 Å². The molecule has 2 unspecified atom stereocenters. The zero-order valence-electron chi connectivity index (χ0n) is 16.3. The van der Waals surface area contributed by atoms with Crippen LogP contribution in [0.3, 0.4) is 0 Å². The van der Waals surface area contributed by atoms with Crippen molar-refractivity contribution in [2.24, 2.45) is 7.05 Å². The lowest BCUT2D eigenvalue weighted by molar-refractivity contribution is 0.0923. The van der Waals surface area contributed by atoms with Crippen LogP contribution in [0.15, 0.2) is 35.0 Å². The Hall–Kier alpha value is -2.38. The van der Waals surface area contributed by atoms with Gasteiger partial charge in [0, 0.05) is 29.6 Å². The number of imidazole rings is 1. The van der Waals surface area contributed by atoms with E-state index in [1.54, 1.807) is 30.6 Å². The largest absolute Gasteiger partial charge is 0.419 e. The highest BCUT2D eigenvalue weighted by Gasteiger charge is 2.29. The Labute approximate surface area is 180 Å². The first-order valence-corrected chi connectivity index (χ1v) is 9.77. The number of hydrogen-bond donors (Lipinski definition) is 1. The van der Waals surface area contributed by atoms with Gasteiger partial charge in [0.2, 0.25) is 5.89 Å². The van der Waals surface area contributed by atoms with E-state index < -0.39 is 0 Å². The van der Waals surface area contributed by atoms with Crippen LogP contribution in [0.1, 0.15) is 53.5 Å². The minimum atomic E-state index is -0.107. The average Bonchev–Trinajstić information content (AvgIpc) is 3.28. The van der Waals surface area contributed by atoms with E-state index in [0.717, 1.165) is 37.1 Å². The summed E-state index contributed by atoms with van der Waals surface area (Å²) >= 11 is 5.99. The molecule has 0 radical (unpaired) electrons. The van der Waals surface area contributed by atoms with Crippen molar-refractivity contribution in [2.75, 3.05) is 0 Å². The molecule has 1 amide bonds. The summed E-state index contributed by atoms with van der Waals surface area (Å²) in [5, 5.41) is 12.2. The van der Waals surface area contributed by atoms with E-state index in [9.17, 15) is 4.79 Å². The highest BCUT2D eigenvalue weighted by Crippen LogP contribution is 2.34. The predicted octanol–water partition coefficient (Wildman–Crippen LogP) is 4.31. The molecule has 2 atom stereocenters. The molecule has 7 nitrogen and oxygen atoms in total. The number of nitrogens with one attached hydrogen (secondary N) is 1. The van der Waals surface area contributed by atoms with E-state index >= 15 is 0 Å². The molecule has 1 aliphatic carbocycles. The molecule has 29 heavy (non-hydrogen) atoms. The molecule has 154 valence electrons. The van der Waals surface area contributed by atoms with E-state index in [2.05, 4.69) is 20.5 Å². The van der Waals surface area contributed by atoms with Crippen molar-refractivity contribution in [2.45, 2.75) is 44.6 Å². The summed E-state index contributed by atoms with van der Waals surface area (Å²) in [6, 6.07) is 7.05. The van der Waals surface area contributed by atoms with Crippen LogP contribution >= 0.6 is 24.0 Å². The maximum absolute atomic E-state index is 12.5. The van der Waals surface area contributed by atoms with Gasteiger partial charge in [-0.1, -0.05) is 24.1 Å². The Morgan fingerprint density at radius 3 is 2.86 bits per heavy atom. The molecule has 0 saturated heterocycles. The third-order valence-corrected chi connectivity index (χ3v) is 5.44. The maximum Gasteiger partial charge on any atom is 0.266 e. The molecule has 4 rings (SSSR count). The molecule has 2 heterocycles. The first-order valence-electron chi connectivity index (χ1n) is 9.39. The van der Waals surface area contributed by atoms with Crippen LogP contribution in [-0.4, -0.2) is 31.7 Å². The zero-order valence-corrected chi connectivity index (χ0v) is 17.8. The predicted molar refractivity (Wildman–Crippen MR) is 112 cm³/mol. The Bertz CT molecular complexity index is 981. The average molecular weight is 436 g/mol. The first kappa shape index (κ1) is 21.3. The standard InChI is InChI=1S/C20H22ClN5O2.ClH/c1-12-17(26(2)11-22-12)20-25-24-19(28-20)14-6-4-8-16(10-14)23-18(27)13-5-3-7-15(21)9-13;/h3,5,7,9,11,14,16H,4,6,8,10H2,1-2H3,(H,23,27);1H. The summed E-state index contributed by atoms with van der Waals surface area (Å²) in [6.45, 7) is 1.92. The van der Waals surface area contributed by atoms with Crippen molar-refractivity contribution in [1.82, 2.24) is 25.1 Å². The fourth-order valence-electron chi connectivity index (χ4n) is 3.79. The number of carbonyl (C=O) groups excluding carboxylic acids is 1. The molecule has 3 aromatic rings. The van der Waals surface area contributed by atoms with Crippen molar-refractivity contribution in [1.29, 1.82) is 0 Å². The molecule has 2 aromatic heterocycles. The molecule has 0 spiro atoms. The molecular formula is C20H23Cl2N5O2. The molecule has 9 heteroatoms. The summed E-state index contributed by atoms with van der Waals surface area (Å²) in [7, 11) is 1.90. The highest BCUT2D eigenvalue weighted by molar-refractivity contribution is 6.30. The molecule has 0 bridgehead atoms. The number of benzene rings is 1. The van der Waals surface area contributed by atoms with Gasteiger partial charge in [0.25, 0.3) is 11.8 Å². The van der Waals surface area contributed by atoms with Crippen LogP contribution in [0.25, 0.3) is 11.6 Å². The second-order valence-corrected chi connectivity index (χ2v) is 7.72. The van der Waals surface area contributed by atoms with Gasteiger partial charge in [-0.05, 0) is 44.4 Å². The van der Waals surface area contributed by atoms with Gasteiger partial charge in [0.15, 0.2) is 0 Å². The van der Waals surface area contributed by atoms with Crippen LogP contribution < -0.4 is 5.32 Å². The third-order valence-electron chi connectivity index (χ3n) is 5.21. The smallest absolute Gasteiger partial charge is 0.266 e. The van der Waals surface area contributed by atoms with E-state index in [1.165, 1.54) is 0 Å². The highest BCUT2D eigenvalue weighted by atomic mass is 35.5. The number of aromatic nitrogens is 4. The minimum Gasteiger partial charge on any atom is -0.419 e. The number of rotatable bonds is 4. The molecule has 1 N–H and O–H groups in total. The summed E-state index contributed by atoms with van der Waals surface area (Å²) < 4.78 is 7.85. The third kappa shape index (κ3) is 4.62. The molecule has 1 saturated carbocycles. The van der Waals surface area contributed by atoms with E-state index in [0.29, 0.717) is 22.4 Å². The van der Waals surface area contributed by atoms with Crippen molar-refractivity contribution >= 4 is 29.9 Å². The van der Waals surface area contributed by atoms with Crippen molar-refractivity contribution in [3.05, 3.63) is 52.8 Å². The van der Waals surface area contributed by atoms with Gasteiger partial charge in [-0.3, -0.25) is 4.79 Å². The SMILES string of the molecule is Cc1ncn(C)c1-c1nnc(C2CCCC(NC(=O)c3cccc(Cl)c3)C2)o1.Cl. The molecular weight excluding hydrogens is 413 g/mol. The van der Waals surface area contributed by atoms with Gasteiger partial charge in [-0.2, -0.15) is 0 Å². The van der Waals surface area contributed by atoms with Crippen LogP contribution in [0.2, 0.25) is 5.02 Å². The van der Waals surface area contributed by atoms with E-state index in [1.807, 2.05) is 18.5 Å². The summed E-state index contributed by atoms with van der Waals surface area (Å²) in [5.74, 6) is 1.13. The second-order valence-electron chi connectivity index (χ2n) is 7.28. The van der Waals surface area contributed by atoms with Crippen LogP contribution in [0.4, 0.5) is 0 Å². The topological polar surface area (TPSA) is 85.8 Å². The normalized spacial score (nSPS) is 18.9. The van der Waals surface area contributed by atoms with Crippen LogP contribution in [-0.2, 0) is 7.05 Å². The van der Waals surface area contributed by atoms with Gasteiger partial charge in [0.05, 0.1) is 12.0 Å².